The first-order chi connectivity index (χ1) is 18.5. The molecule has 1 N–H and O–H groups in total. The predicted octanol–water partition coefficient (Wildman–Crippen LogP) is 3.53. The first-order valence-electron chi connectivity index (χ1n) is 13.3. The lowest BCUT2D eigenvalue weighted by Crippen LogP contribution is -2.38. The van der Waals surface area contributed by atoms with E-state index >= 15 is 0 Å². The molecule has 3 aliphatic rings. The van der Waals surface area contributed by atoms with E-state index in [4.69, 9.17) is 9.47 Å². The van der Waals surface area contributed by atoms with Crippen molar-refractivity contribution in [3.8, 4) is 5.75 Å². The van der Waals surface area contributed by atoms with Gasteiger partial charge >= 0.3 is 0 Å². The van der Waals surface area contributed by atoms with E-state index < -0.39 is 10.0 Å². The molecule has 0 bridgehead atoms. The van der Waals surface area contributed by atoms with E-state index in [1.54, 1.807) is 18.2 Å². The molecule has 38 heavy (non-hydrogen) atoms. The minimum Gasteiger partial charge on any atom is -0.491 e. The van der Waals surface area contributed by atoms with Gasteiger partial charge in [0.05, 0.1) is 33.9 Å². The lowest BCUT2D eigenvalue weighted by molar-refractivity contribution is 0.0322. The molecule has 2 aromatic carbocycles. The number of benzene rings is 2. The average Bonchev–Trinajstić information content (AvgIpc) is 3.69. The molecule has 202 valence electrons. The summed E-state index contributed by atoms with van der Waals surface area (Å²) >= 11 is 1.28. The zero-order chi connectivity index (χ0) is 26.1. The van der Waals surface area contributed by atoms with Crippen LogP contribution < -0.4 is 10.1 Å². The fourth-order valence-corrected chi connectivity index (χ4v) is 7.89. The maximum absolute atomic E-state index is 13.4. The highest BCUT2D eigenvalue weighted by Gasteiger charge is 2.28. The summed E-state index contributed by atoms with van der Waals surface area (Å²) in [5.41, 5.74) is 3.59. The largest absolute Gasteiger partial charge is 0.491 e. The van der Waals surface area contributed by atoms with Gasteiger partial charge < -0.3 is 9.47 Å². The molecular weight excluding hydrogens is 524 g/mol. The number of carbonyl (C=O) groups is 1. The van der Waals surface area contributed by atoms with Gasteiger partial charge in [-0.15, -0.1) is 0 Å². The Morgan fingerprint density at radius 2 is 1.79 bits per heavy atom. The third-order valence-corrected chi connectivity index (χ3v) is 10.3. The summed E-state index contributed by atoms with van der Waals surface area (Å²) in [6.07, 6.45) is 4.81. The Morgan fingerprint density at radius 3 is 2.58 bits per heavy atom. The number of aryl methyl sites for hydroxylation is 2. The van der Waals surface area contributed by atoms with E-state index in [1.807, 2.05) is 12.1 Å². The number of nitrogens with zero attached hydrogens (tertiary/aromatic N) is 3. The number of morpholine rings is 1. The second-order valence-corrected chi connectivity index (χ2v) is 13.0. The fraction of sp³-hybridized carbons (Fsp3) is 0.481. The third kappa shape index (κ3) is 5.30. The lowest BCUT2D eigenvalue weighted by atomic mass is 10.0. The molecule has 3 aromatic rings. The van der Waals surface area contributed by atoms with E-state index in [0.717, 1.165) is 69.7 Å². The van der Waals surface area contributed by atoms with Crippen LogP contribution in [0.4, 0.5) is 5.13 Å². The smallest absolute Gasteiger partial charge is 0.261 e. The first-order valence-corrected chi connectivity index (χ1v) is 15.5. The van der Waals surface area contributed by atoms with Crippen molar-refractivity contribution in [3.05, 3.63) is 47.0 Å². The number of carbonyl (C=O) groups excluding carboxylic acids is 1. The number of fused-ring (bicyclic) bond motifs is 2. The summed E-state index contributed by atoms with van der Waals surface area (Å²) in [5, 5.41) is 3.37. The van der Waals surface area contributed by atoms with Gasteiger partial charge in [0.25, 0.3) is 5.91 Å². The Morgan fingerprint density at radius 1 is 1.03 bits per heavy atom. The Labute approximate surface area is 226 Å². The normalized spacial score (nSPS) is 18.6. The minimum absolute atomic E-state index is 0.267. The van der Waals surface area contributed by atoms with E-state index in [2.05, 4.69) is 15.2 Å². The zero-order valence-electron chi connectivity index (χ0n) is 21.3. The van der Waals surface area contributed by atoms with E-state index in [9.17, 15) is 13.2 Å². The van der Waals surface area contributed by atoms with Crippen molar-refractivity contribution in [2.45, 2.75) is 37.0 Å². The fourth-order valence-electron chi connectivity index (χ4n) is 5.37. The maximum Gasteiger partial charge on any atom is 0.261 e. The van der Waals surface area contributed by atoms with Crippen molar-refractivity contribution in [2.24, 2.45) is 0 Å². The van der Waals surface area contributed by atoms with Gasteiger partial charge in [-0.25, -0.2) is 13.4 Å². The standard InChI is InChI=1S/C27H32N4O5S2/c32-26(22-16-19-4-3-5-20(19)17-24(22)36-15-12-30-10-13-35-14-11-30)29-27-28-23-7-6-21(18-25(23)37-27)38(33,34)31-8-1-2-9-31/h6-7,16-18H,1-5,8-15H2,(H,28,29,32). The van der Waals surface area contributed by atoms with Crippen LogP contribution in [0, 0.1) is 0 Å². The number of hydrogen-bond donors (Lipinski definition) is 1. The van der Waals surface area contributed by atoms with Crippen molar-refractivity contribution in [3.63, 3.8) is 0 Å². The Bertz CT molecular complexity index is 1440. The summed E-state index contributed by atoms with van der Waals surface area (Å²) in [5.74, 6) is 0.321. The van der Waals surface area contributed by atoms with Crippen molar-refractivity contribution in [1.29, 1.82) is 0 Å². The monoisotopic (exact) mass is 556 g/mol. The van der Waals surface area contributed by atoms with Gasteiger partial charge in [0, 0.05) is 32.7 Å². The molecule has 6 rings (SSSR count). The molecule has 0 spiro atoms. The van der Waals surface area contributed by atoms with Crippen LogP contribution in [-0.2, 0) is 27.6 Å². The summed E-state index contributed by atoms with van der Waals surface area (Å²) in [4.78, 5) is 20.5. The average molecular weight is 557 g/mol. The molecule has 0 radical (unpaired) electrons. The molecule has 2 aliphatic heterocycles. The topological polar surface area (TPSA) is 101 Å². The molecule has 2 saturated heterocycles. The van der Waals surface area contributed by atoms with Crippen LogP contribution in [0.25, 0.3) is 10.2 Å². The summed E-state index contributed by atoms with van der Waals surface area (Å²) in [6.45, 7) is 5.64. The number of sulfonamides is 1. The van der Waals surface area contributed by atoms with Gasteiger partial charge in [0.15, 0.2) is 5.13 Å². The number of amides is 1. The van der Waals surface area contributed by atoms with E-state index in [0.29, 0.717) is 41.7 Å². The number of hydrogen-bond acceptors (Lipinski definition) is 8. The van der Waals surface area contributed by atoms with Crippen molar-refractivity contribution in [1.82, 2.24) is 14.2 Å². The second-order valence-electron chi connectivity index (χ2n) is 9.99. The molecule has 1 amide bonds. The number of ether oxygens (including phenoxy) is 2. The SMILES string of the molecule is O=C(Nc1nc2ccc(S(=O)(=O)N3CCCC3)cc2s1)c1cc2c(cc1OCCN1CCOCC1)CCC2. The second kappa shape index (κ2) is 10.9. The van der Waals surface area contributed by atoms with Gasteiger partial charge in [-0.1, -0.05) is 11.3 Å². The van der Waals surface area contributed by atoms with Crippen LogP contribution in [0.2, 0.25) is 0 Å². The van der Waals surface area contributed by atoms with Crippen LogP contribution in [-0.4, -0.2) is 81.1 Å². The number of anilines is 1. The molecule has 1 aromatic heterocycles. The summed E-state index contributed by atoms with van der Waals surface area (Å²) < 4.78 is 39.8. The lowest BCUT2D eigenvalue weighted by Gasteiger charge is -2.26. The number of thiazole rings is 1. The molecule has 3 heterocycles. The predicted molar refractivity (Wildman–Crippen MR) is 147 cm³/mol. The first kappa shape index (κ1) is 25.7. The Balaban J connectivity index is 1.20. The van der Waals surface area contributed by atoms with Crippen molar-refractivity contribution < 1.29 is 22.7 Å². The molecule has 0 unspecified atom stereocenters. The Kier molecular flexibility index (Phi) is 7.37. The quantitative estimate of drug-likeness (QED) is 0.453. The van der Waals surface area contributed by atoms with Gasteiger partial charge in [-0.05, 0) is 73.6 Å². The maximum atomic E-state index is 13.4. The van der Waals surface area contributed by atoms with Crippen LogP contribution in [0.15, 0.2) is 35.2 Å². The molecule has 2 fully saturated rings. The van der Waals surface area contributed by atoms with Gasteiger partial charge in [-0.3, -0.25) is 15.0 Å². The molecule has 1 aliphatic carbocycles. The molecule has 0 atom stereocenters. The van der Waals surface area contributed by atoms with E-state index in [1.165, 1.54) is 26.8 Å². The van der Waals surface area contributed by atoms with Crippen LogP contribution in [0.5, 0.6) is 5.75 Å². The number of aromatic nitrogens is 1. The highest BCUT2D eigenvalue weighted by Crippen LogP contribution is 2.33. The highest BCUT2D eigenvalue weighted by molar-refractivity contribution is 7.89. The number of rotatable bonds is 8. The summed E-state index contributed by atoms with van der Waals surface area (Å²) in [7, 11) is -3.52. The van der Waals surface area contributed by atoms with Crippen LogP contribution in [0.3, 0.4) is 0 Å². The Hall–Kier alpha value is -2.57. The number of nitrogens with one attached hydrogen (secondary N) is 1. The van der Waals surface area contributed by atoms with Crippen molar-refractivity contribution in [2.75, 3.05) is 57.9 Å². The highest BCUT2D eigenvalue weighted by atomic mass is 32.2. The molecule has 0 saturated carbocycles. The zero-order valence-corrected chi connectivity index (χ0v) is 22.9. The van der Waals surface area contributed by atoms with Crippen LogP contribution >= 0.6 is 11.3 Å². The van der Waals surface area contributed by atoms with E-state index in [-0.39, 0.29) is 10.8 Å². The summed E-state index contributed by atoms with van der Waals surface area (Å²) in [6, 6.07) is 8.94. The van der Waals surface area contributed by atoms with Crippen molar-refractivity contribution >= 4 is 42.6 Å². The minimum atomic E-state index is -3.52. The molecule has 9 nitrogen and oxygen atoms in total. The van der Waals surface area contributed by atoms with Gasteiger partial charge in [0.1, 0.15) is 12.4 Å². The molecule has 11 heteroatoms. The van der Waals surface area contributed by atoms with Crippen LogP contribution in [0.1, 0.15) is 40.7 Å². The van der Waals surface area contributed by atoms with Gasteiger partial charge in [0.2, 0.25) is 10.0 Å². The third-order valence-electron chi connectivity index (χ3n) is 7.49. The van der Waals surface area contributed by atoms with Gasteiger partial charge in [-0.2, -0.15) is 4.31 Å². The molecular formula is C27H32N4O5S2.